The van der Waals surface area contributed by atoms with Crippen molar-refractivity contribution in [2.24, 2.45) is 0 Å². The molecule has 0 bridgehead atoms. The molecule has 0 N–H and O–H groups in total. The van der Waals surface area contributed by atoms with E-state index in [0.29, 0.717) is 5.82 Å². The van der Waals surface area contributed by atoms with Crippen molar-refractivity contribution in [3.8, 4) is 11.4 Å². The van der Waals surface area contributed by atoms with E-state index in [1.807, 2.05) is 50.5 Å². The molecule has 144 valence electrons. The smallest absolute Gasteiger partial charge is 0.159 e. The van der Waals surface area contributed by atoms with Gasteiger partial charge < -0.3 is 0 Å². The van der Waals surface area contributed by atoms with Gasteiger partial charge in [-0.05, 0) is 61.4 Å². The van der Waals surface area contributed by atoms with E-state index in [1.165, 1.54) is 0 Å². The summed E-state index contributed by atoms with van der Waals surface area (Å²) in [4.78, 5) is 22.3. The van der Waals surface area contributed by atoms with Gasteiger partial charge in [0.15, 0.2) is 5.82 Å². The van der Waals surface area contributed by atoms with E-state index >= 15 is 0 Å². The first kappa shape index (κ1) is 18.1. The minimum absolute atomic E-state index is 0.712. The number of hydrogen-bond acceptors (Lipinski definition) is 5. The minimum Gasteiger partial charge on any atom is -0.256 e. The maximum Gasteiger partial charge on any atom is 0.159 e. The number of fused-ring (bicyclic) bond motifs is 2. The number of nitrogens with zero attached hydrogens (tertiary/aromatic N) is 5. The summed E-state index contributed by atoms with van der Waals surface area (Å²) in [5, 5.41) is 2.09. The molecule has 5 aromatic rings. The second-order valence-electron chi connectivity index (χ2n) is 7.10. The summed E-state index contributed by atoms with van der Waals surface area (Å²) >= 11 is 0. The van der Waals surface area contributed by atoms with E-state index in [2.05, 4.69) is 50.3 Å². The molecule has 5 heteroatoms. The molecule has 0 aliphatic rings. The van der Waals surface area contributed by atoms with Crippen LogP contribution >= 0.6 is 0 Å². The molecule has 0 radical (unpaired) electrons. The Kier molecular flexibility index (Phi) is 4.48. The van der Waals surface area contributed by atoms with Crippen molar-refractivity contribution in [2.45, 2.75) is 13.8 Å². The molecule has 0 aliphatic carbocycles. The highest BCUT2D eigenvalue weighted by Crippen LogP contribution is 2.29. The van der Waals surface area contributed by atoms with Gasteiger partial charge in [-0.2, -0.15) is 0 Å². The van der Waals surface area contributed by atoms with Gasteiger partial charge in [-0.15, -0.1) is 0 Å². The zero-order valence-electron chi connectivity index (χ0n) is 16.7. The van der Waals surface area contributed by atoms with E-state index in [0.717, 1.165) is 49.8 Å². The third kappa shape index (κ3) is 3.20. The predicted molar refractivity (Wildman–Crippen MR) is 120 cm³/mol. The van der Waals surface area contributed by atoms with Gasteiger partial charge in [0.1, 0.15) is 6.33 Å². The van der Waals surface area contributed by atoms with E-state index < -0.39 is 0 Å². The normalized spacial score (nSPS) is 11.9. The number of rotatable bonds is 3. The molecular formula is C25H19N5. The molecular weight excluding hydrogens is 370 g/mol. The van der Waals surface area contributed by atoms with Gasteiger partial charge in [0.05, 0.1) is 11.0 Å². The first-order chi connectivity index (χ1) is 14.7. The Bertz CT molecular complexity index is 1420. The van der Waals surface area contributed by atoms with Crippen molar-refractivity contribution in [1.82, 2.24) is 24.9 Å². The molecule has 30 heavy (non-hydrogen) atoms. The fourth-order valence-corrected chi connectivity index (χ4v) is 3.72. The predicted octanol–water partition coefficient (Wildman–Crippen LogP) is 5.40. The molecule has 0 fully saturated rings. The van der Waals surface area contributed by atoms with Crippen molar-refractivity contribution in [2.75, 3.05) is 0 Å². The van der Waals surface area contributed by atoms with Crippen molar-refractivity contribution in [3.63, 3.8) is 0 Å². The highest BCUT2D eigenvalue weighted by Gasteiger charge is 2.12. The zero-order valence-corrected chi connectivity index (χ0v) is 16.7. The van der Waals surface area contributed by atoms with Crippen LogP contribution in [-0.4, -0.2) is 24.9 Å². The Balaban J connectivity index is 1.55. The quantitative estimate of drug-likeness (QED) is 0.414. The molecule has 2 aromatic carbocycles. The fourth-order valence-electron chi connectivity index (χ4n) is 3.72. The van der Waals surface area contributed by atoms with Crippen LogP contribution in [0.1, 0.15) is 23.7 Å². The second kappa shape index (κ2) is 7.44. The van der Waals surface area contributed by atoms with Gasteiger partial charge in [-0.3, -0.25) is 4.98 Å². The number of pyridine rings is 1. The number of allylic oxidation sites excluding steroid dienone is 1. The molecule has 0 saturated heterocycles. The van der Waals surface area contributed by atoms with Crippen LogP contribution in [0.25, 0.3) is 38.8 Å². The second-order valence-corrected chi connectivity index (χ2v) is 7.10. The molecule has 3 aromatic heterocycles. The fraction of sp³-hybridized carbons (Fsp3) is 0.0800. The van der Waals surface area contributed by atoms with E-state index in [-0.39, 0.29) is 0 Å². The molecule has 0 unspecified atom stereocenters. The lowest BCUT2D eigenvalue weighted by Crippen LogP contribution is -1.99. The van der Waals surface area contributed by atoms with Crippen LogP contribution in [0.4, 0.5) is 0 Å². The highest BCUT2D eigenvalue weighted by molar-refractivity contribution is 5.88. The Morgan fingerprint density at radius 1 is 0.867 bits per heavy atom. The summed E-state index contributed by atoms with van der Waals surface area (Å²) in [6.07, 6.45) is 9.21. The Labute approximate surface area is 174 Å². The van der Waals surface area contributed by atoms with Crippen LogP contribution in [-0.2, 0) is 0 Å². The van der Waals surface area contributed by atoms with Crippen LogP contribution in [0, 0.1) is 6.92 Å². The van der Waals surface area contributed by atoms with Gasteiger partial charge in [0.25, 0.3) is 0 Å². The third-order valence-electron chi connectivity index (χ3n) is 5.24. The molecule has 5 rings (SSSR count). The maximum atomic E-state index is 4.81. The van der Waals surface area contributed by atoms with Crippen molar-refractivity contribution in [1.29, 1.82) is 0 Å². The lowest BCUT2D eigenvalue weighted by Gasteiger charge is -2.12. The summed E-state index contributed by atoms with van der Waals surface area (Å²) in [5.41, 5.74) is 7.01. The van der Waals surface area contributed by atoms with E-state index in [4.69, 9.17) is 4.98 Å². The standard InChI is InChI=1S/C25H19N5/c1-3-21(17-6-8-24-20(11-17)13-26-15-29-24)22-14-28-25(30-16(22)2)19-7-9-23-18(12-19)5-4-10-27-23/h3-15H,1-2H3/b21-3-. The summed E-state index contributed by atoms with van der Waals surface area (Å²) in [5.74, 6) is 0.712. The minimum atomic E-state index is 0.712. The van der Waals surface area contributed by atoms with Crippen LogP contribution in [0.5, 0.6) is 0 Å². The van der Waals surface area contributed by atoms with Gasteiger partial charge in [-0.25, -0.2) is 19.9 Å². The maximum absolute atomic E-state index is 4.81. The summed E-state index contributed by atoms with van der Waals surface area (Å²) in [6.45, 7) is 4.06. The summed E-state index contributed by atoms with van der Waals surface area (Å²) < 4.78 is 0. The number of hydrogen-bond donors (Lipinski definition) is 0. The Morgan fingerprint density at radius 3 is 2.60 bits per heavy atom. The lowest BCUT2D eigenvalue weighted by atomic mass is 9.96. The average Bonchev–Trinajstić information content (AvgIpc) is 2.80. The molecule has 0 amide bonds. The first-order valence-electron chi connectivity index (χ1n) is 9.78. The SMILES string of the molecule is C/C=C(/c1ccc2ncncc2c1)c1cnc(-c2ccc3ncccc3c2)nc1C. The van der Waals surface area contributed by atoms with Crippen molar-refractivity contribution >= 4 is 27.4 Å². The number of aromatic nitrogens is 5. The lowest BCUT2D eigenvalue weighted by molar-refractivity contribution is 1.10. The molecule has 0 saturated carbocycles. The first-order valence-corrected chi connectivity index (χ1v) is 9.78. The van der Waals surface area contributed by atoms with Crippen molar-refractivity contribution in [3.05, 3.63) is 96.3 Å². The average molecular weight is 389 g/mol. The molecule has 3 heterocycles. The van der Waals surface area contributed by atoms with E-state index in [1.54, 1.807) is 12.5 Å². The Morgan fingerprint density at radius 2 is 1.73 bits per heavy atom. The van der Waals surface area contributed by atoms with Crippen LogP contribution in [0.15, 0.2) is 79.5 Å². The molecule has 0 aliphatic heterocycles. The van der Waals surface area contributed by atoms with Crippen LogP contribution in [0.3, 0.4) is 0 Å². The van der Waals surface area contributed by atoms with Gasteiger partial charge in [0.2, 0.25) is 0 Å². The van der Waals surface area contributed by atoms with Gasteiger partial charge >= 0.3 is 0 Å². The zero-order chi connectivity index (χ0) is 20.5. The Hall–Kier alpha value is -3.99. The highest BCUT2D eigenvalue weighted by atomic mass is 14.9. The van der Waals surface area contributed by atoms with Crippen molar-refractivity contribution < 1.29 is 0 Å². The molecule has 0 atom stereocenters. The monoisotopic (exact) mass is 389 g/mol. The van der Waals surface area contributed by atoms with E-state index in [9.17, 15) is 0 Å². The topological polar surface area (TPSA) is 64.5 Å². The van der Waals surface area contributed by atoms with Gasteiger partial charge in [0, 0.05) is 46.2 Å². The molecule has 5 nitrogen and oxygen atoms in total. The molecule has 0 spiro atoms. The van der Waals surface area contributed by atoms with Crippen LogP contribution in [0.2, 0.25) is 0 Å². The largest absolute Gasteiger partial charge is 0.256 e. The summed E-state index contributed by atoms with van der Waals surface area (Å²) in [6, 6.07) is 16.3. The summed E-state index contributed by atoms with van der Waals surface area (Å²) in [7, 11) is 0. The number of aryl methyl sites for hydroxylation is 1. The third-order valence-corrected chi connectivity index (χ3v) is 5.24. The number of benzene rings is 2. The van der Waals surface area contributed by atoms with Crippen LogP contribution < -0.4 is 0 Å². The van der Waals surface area contributed by atoms with Gasteiger partial charge in [-0.1, -0.05) is 18.2 Å².